The minimum atomic E-state index is -3.43. The lowest BCUT2D eigenvalue weighted by atomic mass is 9.87. The van der Waals surface area contributed by atoms with Gasteiger partial charge in [-0.05, 0) is 37.6 Å². The van der Waals surface area contributed by atoms with Gasteiger partial charge in [-0.15, -0.1) is 24.0 Å². The van der Waals surface area contributed by atoms with Gasteiger partial charge in [-0.1, -0.05) is 31.4 Å². The van der Waals surface area contributed by atoms with Crippen LogP contribution in [0, 0.1) is 0 Å². The molecule has 158 valence electrons. The Labute approximate surface area is 190 Å². The molecule has 0 atom stereocenters. The van der Waals surface area contributed by atoms with Gasteiger partial charge in [-0.2, -0.15) is 11.8 Å². The zero-order valence-corrected chi connectivity index (χ0v) is 20.6. The minimum absolute atomic E-state index is 0. The number of hydrogen-bond donors (Lipinski definition) is 2. The summed E-state index contributed by atoms with van der Waals surface area (Å²) < 4.78 is 26.7. The summed E-state index contributed by atoms with van der Waals surface area (Å²) in [6.45, 7) is 2.60. The molecule has 0 amide bonds. The van der Waals surface area contributed by atoms with E-state index >= 15 is 0 Å². The van der Waals surface area contributed by atoms with Crippen molar-refractivity contribution in [2.24, 2.45) is 4.99 Å². The molecule has 28 heavy (non-hydrogen) atoms. The average Bonchev–Trinajstić information content (AvgIpc) is 2.69. The summed E-state index contributed by atoms with van der Waals surface area (Å²) in [4.78, 5) is 7.14. The summed E-state index contributed by atoms with van der Waals surface area (Å²) in [5.41, 5.74) is 0.922. The maximum Gasteiger partial charge on any atom is 0.240 e. The number of thioether (sulfide) groups is 1. The van der Waals surface area contributed by atoms with Gasteiger partial charge >= 0.3 is 0 Å². The minimum Gasteiger partial charge on any atom is -0.352 e. The first-order chi connectivity index (χ1) is 13.0. The van der Waals surface area contributed by atoms with Crippen LogP contribution in [-0.4, -0.2) is 57.0 Å². The van der Waals surface area contributed by atoms with Crippen LogP contribution in [-0.2, 0) is 16.6 Å². The largest absolute Gasteiger partial charge is 0.352 e. The number of nitrogens with one attached hydrogen (secondary N) is 2. The molecule has 2 fully saturated rings. The van der Waals surface area contributed by atoms with Gasteiger partial charge in [0, 0.05) is 37.2 Å². The zero-order valence-electron chi connectivity index (χ0n) is 16.6. The number of nitrogens with zero attached hydrogens (tertiary/aromatic N) is 2. The highest BCUT2D eigenvalue weighted by molar-refractivity contribution is 14.0. The Hall–Kier alpha value is -0.520. The molecule has 1 aliphatic carbocycles. The van der Waals surface area contributed by atoms with Crippen LogP contribution in [0.3, 0.4) is 0 Å². The molecular formula is C19H31IN4O2S2. The summed E-state index contributed by atoms with van der Waals surface area (Å²) in [6.07, 6.45) is 6.63. The number of guanidine groups is 1. The van der Waals surface area contributed by atoms with E-state index in [-0.39, 0.29) is 28.9 Å². The molecule has 1 spiro atoms. The molecule has 0 radical (unpaired) electrons. The molecule has 0 aromatic heterocycles. The van der Waals surface area contributed by atoms with Crippen molar-refractivity contribution in [2.45, 2.75) is 48.3 Å². The number of sulfonamides is 1. The van der Waals surface area contributed by atoms with Crippen molar-refractivity contribution in [1.29, 1.82) is 0 Å². The molecule has 0 bridgehead atoms. The van der Waals surface area contributed by atoms with Gasteiger partial charge in [-0.25, -0.2) is 13.1 Å². The van der Waals surface area contributed by atoms with Crippen LogP contribution >= 0.6 is 35.7 Å². The van der Waals surface area contributed by atoms with Crippen molar-refractivity contribution in [1.82, 2.24) is 14.9 Å². The normalized spacial score (nSPS) is 19.9. The van der Waals surface area contributed by atoms with Gasteiger partial charge in [0.2, 0.25) is 10.0 Å². The molecule has 1 aromatic carbocycles. The number of halogens is 1. The van der Waals surface area contributed by atoms with Gasteiger partial charge in [-0.3, -0.25) is 4.99 Å². The van der Waals surface area contributed by atoms with Crippen molar-refractivity contribution in [3.05, 3.63) is 29.8 Å². The fourth-order valence-electron chi connectivity index (χ4n) is 3.98. The average molecular weight is 539 g/mol. The monoisotopic (exact) mass is 538 g/mol. The molecule has 1 aliphatic heterocycles. The Kier molecular flexibility index (Phi) is 8.90. The van der Waals surface area contributed by atoms with E-state index in [0.29, 0.717) is 11.3 Å². The zero-order chi connectivity index (χ0) is 19.3. The van der Waals surface area contributed by atoms with Crippen LogP contribution in [0.1, 0.15) is 37.7 Å². The van der Waals surface area contributed by atoms with Crippen LogP contribution in [0.15, 0.2) is 34.2 Å². The second-order valence-corrected chi connectivity index (χ2v) is 10.7. The number of aliphatic imine (C=N–C) groups is 1. The first-order valence-electron chi connectivity index (χ1n) is 9.60. The van der Waals surface area contributed by atoms with E-state index in [2.05, 4.69) is 31.7 Å². The van der Waals surface area contributed by atoms with E-state index in [0.717, 1.165) is 30.4 Å². The van der Waals surface area contributed by atoms with E-state index in [1.807, 2.05) is 13.1 Å². The van der Waals surface area contributed by atoms with Gasteiger partial charge in [0.25, 0.3) is 0 Å². The summed E-state index contributed by atoms with van der Waals surface area (Å²) >= 11 is 2.14. The van der Waals surface area contributed by atoms with Crippen molar-refractivity contribution >= 4 is 51.7 Å². The standard InChI is InChI=1S/C19H30N4O2S2.HI/c1-20-18(23-11-12-26-19(15-23)9-4-3-5-10-19)22-14-16-7-6-8-17(13-16)27(24,25)21-2;/h6-8,13,21H,3-5,9-12,14-15H2,1-2H3,(H,20,22);1H. The van der Waals surface area contributed by atoms with E-state index in [1.165, 1.54) is 39.2 Å². The van der Waals surface area contributed by atoms with E-state index in [9.17, 15) is 8.42 Å². The van der Waals surface area contributed by atoms with Crippen LogP contribution < -0.4 is 10.0 Å². The number of hydrogen-bond acceptors (Lipinski definition) is 4. The third kappa shape index (κ3) is 5.76. The third-order valence-electron chi connectivity index (χ3n) is 5.45. The predicted octanol–water partition coefficient (Wildman–Crippen LogP) is 3.04. The van der Waals surface area contributed by atoms with Crippen LogP contribution in [0.25, 0.3) is 0 Å². The summed E-state index contributed by atoms with van der Waals surface area (Å²) in [7, 11) is -0.178. The highest BCUT2D eigenvalue weighted by Gasteiger charge is 2.38. The summed E-state index contributed by atoms with van der Waals surface area (Å²) in [5.74, 6) is 2.04. The van der Waals surface area contributed by atoms with Crippen LogP contribution in [0.4, 0.5) is 0 Å². The van der Waals surface area contributed by atoms with E-state index < -0.39 is 10.0 Å². The van der Waals surface area contributed by atoms with E-state index in [1.54, 1.807) is 18.2 Å². The Morgan fingerprint density at radius 1 is 1.29 bits per heavy atom. The predicted molar refractivity (Wildman–Crippen MR) is 128 cm³/mol. The third-order valence-corrected chi connectivity index (χ3v) is 8.40. The van der Waals surface area contributed by atoms with Crippen molar-refractivity contribution in [3.8, 4) is 0 Å². The molecule has 1 heterocycles. The smallest absolute Gasteiger partial charge is 0.240 e. The topological polar surface area (TPSA) is 73.8 Å². The van der Waals surface area contributed by atoms with Gasteiger partial charge < -0.3 is 10.2 Å². The Bertz CT molecular complexity index is 774. The lowest BCUT2D eigenvalue weighted by molar-refractivity contribution is 0.293. The van der Waals surface area contributed by atoms with E-state index in [4.69, 9.17) is 0 Å². The number of rotatable bonds is 4. The first-order valence-corrected chi connectivity index (χ1v) is 12.1. The van der Waals surface area contributed by atoms with Crippen molar-refractivity contribution in [3.63, 3.8) is 0 Å². The van der Waals surface area contributed by atoms with Gasteiger partial charge in [0.1, 0.15) is 0 Å². The lowest BCUT2D eigenvalue weighted by Gasteiger charge is -2.45. The molecule has 1 aromatic rings. The molecule has 2 aliphatic rings. The lowest BCUT2D eigenvalue weighted by Crippen LogP contribution is -2.53. The highest BCUT2D eigenvalue weighted by atomic mass is 127. The van der Waals surface area contributed by atoms with Crippen molar-refractivity contribution < 1.29 is 8.42 Å². The molecule has 9 heteroatoms. The maximum absolute atomic E-state index is 12.0. The SMILES string of the molecule is CN=C(NCc1cccc(S(=O)(=O)NC)c1)N1CCSC2(CCCCC2)C1.I. The molecule has 1 saturated carbocycles. The summed E-state index contributed by atoms with van der Waals surface area (Å²) in [6, 6.07) is 7.03. The maximum atomic E-state index is 12.0. The molecule has 1 saturated heterocycles. The highest BCUT2D eigenvalue weighted by Crippen LogP contribution is 2.42. The molecule has 6 nitrogen and oxygen atoms in total. The molecule has 3 rings (SSSR count). The van der Waals surface area contributed by atoms with Crippen LogP contribution in [0.2, 0.25) is 0 Å². The second-order valence-electron chi connectivity index (χ2n) is 7.27. The van der Waals surface area contributed by atoms with Gasteiger partial charge in [0.05, 0.1) is 4.90 Å². The van der Waals surface area contributed by atoms with Crippen LogP contribution in [0.5, 0.6) is 0 Å². The Balaban J connectivity index is 0.00000280. The Morgan fingerprint density at radius 3 is 2.71 bits per heavy atom. The van der Waals surface area contributed by atoms with Gasteiger partial charge in [0.15, 0.2) is 5.96 Å². The fourth-order valence-corrected chi connectivity index (χ4v) is 6.35. The second kappa shape index (κ2) is 10.5. The first kappa shape index (κ1) is 23.8. The fraction of sp³-hybridized carbons (Fsp3) is 0.632. The molecular weight excluding hydrogens is 507 g/mol. The Morgan fingerprint density at radius 2 is 2.04 bits per heavy atom. The molecule has 0 unspecified atom stereocenters. The van der Waals surface area contributed by atoms with Crippen molar-refractivity contribution in [2.75, 3.05) is 32.9 Å². The number of benzene rings is 1. The quantitative estimate of drug-likeness (QED) is 0.351. The molecule has 2 N–H and O–H groups in total. The summed E-state index contributed by atoms with van der Waals surface area (Å²) in [5, 5.41) is 3.43.